The molecule has 0 saturated carbocycles. The first-order chi connectivity index (χ1) is 7.41. The van der Waals surface area contributed by atoms with Crippen LogP contribution in [0.15, 0.2) is 12.3 Å². The number of hydrogen-bond acceptors (Lipinski definition) is 3. The number of nitrogens with one attached hydrogen (secondary N) is 1. The minimum absolute atomic E-state index is 0.0924. The molecule has 7 heteroatoms. The third kappa shape index (κ3) is 3.08. The van der Waals surface area contributed by atoms with E-state index in [0.717, 1.165) is 0 Å². The number of nitrogens with zero attached hydrogens (tertiary/aromatic N) is 1. The van der Waals surface area contributed by atoms with Crippen LogP contribution in [0.2, 0.25) is 10.2 Å². The number of aromatic nitrogens is 1. The molecule has 1 rings (SSSR count). The molecular weight excluding hydrogens is 255 g/mol. The van der Waals surface area contributed by atoms with Gasteiger partial charge in [0.2, 0.25) is 0 Å². The Morgan fingerprint density at radius 3 is 2.69 bits per heavy atom. The number of amides is 1. The molecule has 0 aromatic carbocycles. The van der Waals surface area contributed by atoms with Crippen molar-refractivity contribution in [2.45, 2.75) is 13.0 Å². The molecule has 2 N–H and O–H groups in total. The normalized spacial score (nSPS) is 11.9. The van der Waals surface area contributed by atoms with Gasteiger partial charge in [0.05, 0.1) is 10.6 Å². The molecule has 0 aliphatic carbocycles. The molecule has 1 heterocycles. The van der Waals surface area contributed by atoms with Crippen molar-refractivity contribution in [2.75, 3.05) is 0 Å². The van der Waals surface area contributed by atoms with E-state index in [1.165, 1.54) is 19.2 Å². The van der Waals surface area contributed by atoms with E-state index < -0.39 is 17.9 Å². The van der Waals surface area contributed by atoms with Crippen LogP contribution < -0.4 is 5.32 Å². The largest absolute Gasteiger partial charge is 0.480 e. The van der Waals surface area contributed by atoms with Crippen molar-refractivity contribution in [3.8, 4) is 0 Å². The summed E-state index contributed by atoms with van der Waals surface area (Å²) in [5, 5.41) is 11.1. The fraction of sp³-hybridized carbons (Fsp3) is 0.222. The Balaban J connectivity index is 2.88. The summed E-state index contributed by atoms with van der Waals surface area (Å²) >= 11 is 11.3. The second kappa shape index (κ2) is 5.14. The standard InChI is InChI=1S/C9H8Cl2N2O3/c1-4(9(15)16)13-8(14)5-2-7(11)12-3-6(5)10/h2-4H,1H3,(H,13,14)(H,15,16). The molecule has 86 valence electrons. The molecule has 1 unspecified atom stereocenters. The highest BCUT2D eigenvalue weighted by molar-refractivity contribution is 6.35. The van der Waals surface area contributed by atoms with Crippen molar-refractivity contribution in [1.29, 1.82) is 0 Å². The molecule has 5 nitrogen and oxygen atoms in total. The summed E-state index contributed by atoms with van der Waals surface area (Å²) in [6.07, 6.45) is 1.23. The number of pyridine rings is 1. The first-order valence-corrected chi connectivity index (χ1v) is 5.02. The number of carboxylic acid groups (broad SMARTS) is 1. The smallest absolute Gasteiger partial charge is 0.325 e. The Morgan fingerprint density at radius 2 is 2.12 bits per heavy atom. The van der Waals surface area contributed by atoms with Gasteiger partial charge in [-0.05, 0) is 13.0 Å². The predicted molar refractivity (Wildman–Crippen MR) is 58.8 cm³/mol. The maximum absolute atomic E-state index is 11.6. The van der Waals surface area contributed by atoms with Crippen LogP contribution in [0, 0.1) is 0 Å². The van der Waals surface area contributed by atoms with Crippen LogP contribution in [0.4, 0.5) is 0 Å². The van der Waals surface area contributed by atoms with Gasteiger partial charge in [0.1, 0.15) is 11.2 Å². The van der Waals surface area contributed by atoms with E-state index in [-0.39, 0.29) is 15.7 Å². The second-order valence-electron chi connectivity index (χ2n) is 3.02. The molecule has 1 amide bonds. The first-order valence-electron chi connectivity index (χ1n) is 4.26. The van der Waals surface area contributed by atoms with Gasteiger partial charge < -0.3 is 10.4 Å². The third-order valence-electron chi connectivity index (χ3n) is 1.78. The SMILES string of the molecule is CC(NC(=O)c1cc(Cl)ncc1Cl)C(=O)O. The Bertz CT molecular complexity index is 437. The Hall–Kier alpha value is -1.33. The molecule has 0 radical (unpaired) electrons. The lowest BCUT2D eigenvalue weighted by molar-refractivity contribution is -0.138. The van der Waals surface area contributed by atoms with Crippen molar-refractivity contribution in [3.63, 3.8) is 0 Å². The molecule has 1 aromatic heterocycles. The summed E-state index contributed by atoms with van der Waals surface area (Å²) in [4.78, 5) is 25.8. The van der Waals surface area contributed by atoms with Gasteiger partial charge in [0, 0.05) is 6.20 Å². The van der Waals surface area contributed by atoms with E-state index in [0.29, 0.717) is 0 Å². The number of aliphatic carboxylic acids is 1. The third-order valence-corrected chi connectivity index (χ3v) is 2.29. The van der Waals surface area contributed by atoms with Gasteiger partial charge in [0.15, 0.2) is 0 Å². The van der Waals surface area contributed by atoms with Gasteiger partial charge in [0.25, 0.3) is 5.91 Å². The van der Waals surface area contributed by atoms with Crippen LogP contribution in [0.5, 0.6) is 0 Å². The number of rotatable bonds is 3. The Morgan fingerprint density at radius 1 is 1.50 bits per heavy atom. The molecule has 0 bridgehead atoms. The van der Waals surface area contributed by atoms with Crippen molar-refractivity contribution >= 4 is 35.1 Å². The van der Waals surface area contributed by atoms with Gasteiger partial charge in [-0.1, -0.05) is 23.2 Å². The second-order valence-corrected chi connectivity index (χ2v) is 3.81. The van der Waals surface area contributed by atoms with Crippen LogP contribution in [0.3, 0.4) is 0 Å². The first kappa shape index (κ1) is 12.7. The van der Waals surface area contributed by atoms with E-state index >= 15 is 0 Å². The number of carbonyl (C=O) groups is 2. The summed E-state index contributed by atoms with van der Waals surface area (Å²) in [6.45, 7) is 1.34. The van der Waals surface area contributed by atoms with Gasteiger partial charge >= 0.3 is 5.97 Å². The van der Waals surface area contributed by atoms with Gasteiger partial charge in [-0.15, -0.1) is 0 Å². The monoisotopic (exact) mass is 262 g/mol. The lowest BCUT2D eigenvalue weighted by Gasteiger charge is -2.10. The maximum Gasteiger partial charge on any atom is 0.325 e. The average molecular weight is 263 g/mol. The zero-order valence-corrected chi connectivity index (χ0v) is 9.71. The lowest BCUT2D eigenvalue weighted by Crippen LogP contribution is -2.38. The van der Waals surface area contributed by atoms with Crippen LogP contribution >= 0.6 is 23.2 Å². The molecule has 0 fully saturated rings. The summed E-state index contributed by atoms with van der Waals surface area (Å²) in [5.74, 6) is -1.74. The van der Waals surface area contributed by atoms with E-state index in [9.17, 15) is 9.59 Å². The van der Waals surface area contributed by atoms with Crippen molar-refractivity contribution in [3.05, 3.63) is 28.0 Å². The highest BCUT2D eigenvalue weighted by atomic mass is 35.5. The number of carboxylic acids is 1. The maximum atomic E-state index is 11.6. The molecule has 1 aromatic rings. The van der Waals surface area contributed by atoms with E-state index in [4.69, 9.17) is 28.3 Å². The highest BCUT2D eigenvalue weighted by Gasteiger charge is 2.17. The molecule has 16 heavy (non-hydrogen) atoms. The van der Waals surface area contributed by atoms with Crippen molar-refractivity contribution < 1.29 is 14.7 Å². The van der Waals surface area contributed by atoms with E-state index in [2.05, 4.69) is 10.3 Å². The number of halogens is 2. The van der Waals surface area contributed by atoms with Crippen molar-refractivity contribution in [2.24, 2.45) is 0 Å². The molecule has 1 atom stereocenters. The minimum Gasteiger partial charge on any atom is -0.480 e. The predicted octanol–water partition coefficient (Wildman–Crippen LogP) is 1.59. The van der Waals surface area contributed by atoms with Crippen LogP contribution in [-0.4, -0.2) is 28.0 Å². The molecular formula is C9H8Cl2N2O3. The van der Waals surface area contributed by atoms with Crippen LogP contribution in [0.25, 0.3) is 0 Å². The van der Waals surface area contributed by atoms with Gasteiger partial charge in [-0.3, -0.25) is 9.59 Å². The lowest BCUT2D eigenvalue weighted by atomic mass is 10.2. The summed E-state index contributed by atoms with van der Waals surface area (Å²) in [6, 6.07) is 0.267. The fourth-order valence-corrected chi connectivity index (χ4v) is 1.27. The summed E-state index contributed by atoms with van der Waals surface area (Å²) in [7, 11) is 0. The Labute approximate surface area is 101 Å². The zero-order chi connectivity index (χ0) is 12.3. The fourth-order valence-electron chi connectivity index (χ4n) is 0.923. The molecule has 0 aliphatic rings. The van der Waals surface area contributed by atoms with Gasteiger partial charge in [-0.25, -0.2) is 4.98 Å². The summed E-state index contributed by atoms with van der Waals surface area (Å²) < 4.78 is 0. The van der Waals surface area contributed by atoms with Crippen molar-refractivity contribution in [1.82, 2.24) is 10.3 Å². The van der Waals surface area contributed by atoms with Crippen LogP contribution in [-0.2, 0) is 4.79 Å². The highest BCUT2D eigenvalue weighted by Crippen LogP contribution is 2.17. The summed E-state index contributed by atoms with van der Waals surface area (Å²) in [5.41, 5.74) is 0.0924. The molecule has 0 saturated heterocycles. The van der Waals surface area contributed by atoms with Gasteiger partial charge in [-0.2, -0.15) is 0 Å². The number of carbonyl (C=O) groups excluding carboxylic acids is 1. The van der Waals surface area contributed by atoms with Crippen LogP contribution in [0.1, 0.15) is 17.3 Å². The molecule has 0 aliphatic heterocycles. The minimum atomic E-state index is -1.13. The van der Waals surface area contributed by atoms with E-state index in [1.807, 2.05) is 0 Å². The zero-order valence-electron chi connectivity index (χ0n) is 8.20. The number of hydrogen-bond donors (Lipinski definition) is 2. The molecule has 0 spiro atoms. The quantitative estimate of drug-likeness (QED) is 0.811. The van der Waals surface area contributed by atoms with E-state index in [1.54, 1.807) is 0 Å². The topological polar surface area (TPSA) is 79.3 Å². The average Bonchev–Trinajstić information content (AvgIpc) is 2.21. The Kier molecular flexibility index (Phi) is 4.09.